The van der Waals surface area contributed by atoms with E-state index in [1.807, 2.05) is 65.6 Å². The molecule has 0 bridgehead atoms. The van der Waals surface area contributed by atoms with Gasteiger partial charge in [0.15, 0.2) is 5.78 Å². The first kappa shape index (κ1) is 33.0. The lowest BCUT2D eigenvalue weighted by Crippen LogP contribution is -2.46. The number of hydrogen-bond donors (Lipinski definition) is 1. The van der Waals surface area contributed by atoms with Crippen LogP contribution in [0.2, 0.25) is 0 Å². The highest BCUT2D eigenvalue weighted by Gasteiger charge is 2.31. The van der Waals surface area contributed by atoms with Gasteiger partial charge in [-0.2, -0.15) is 0 Å². The zero-order chi connectivity index (χ0) is 31.3. The van der Waals surface area contributed by atoms with Crippen LogP contribution in [0.15, 0.2) is 83.1 Å². The summed E-state index contributed by atoms with van der Waals surface area (Å²) in [5, 5.41) is 3.42. The molecule has 1 N–H and O–H groups in total. The highest BCUT2D eigenvalue weighted by atomic mass is 35.5. The van der Waals surface area contributed by atoms with E-state index in [-0.39, 0.29) is 31.0 Å². The van der Waals surface area contributed by atoms with Crippen LogP contribution in [0.3, 0.4) is 0 Å². The van der Waals surface area contributed by atoms with Crippen molar-refractivity contribution in [2.75, 3.05) is 26.8 Å². The molecule has 2 amide bonds. The Morgan fingerprint density at radius 1 is 0.977 bits per heavy atom. The third-order valence-electron chi connectivity index (χ3n) is 8.06. The van der Waals surface area contributed by atoms with Crippen molar-refractivity contribution in [3.8, 4) is 0 Å². The Bertz CT molecular complexity index is 1360. The molecule has 0 fully saturated rings. The molecule has 2 aliphatic rings. The first-order valence-corrected chi connectivity index (χ1v) is 15.7. The Labute approximate surface area is 264 Å². The molecule has 0 unspecified atom stereocenters. The average molecular weight is 621 g/mol. The van der Waals surface area contributed by atoms with Crippen LogP contribution in [-0.4, -0.2) is 61.3 Å². The van der Waals surface area contributed by atoms with Crippen LogP contribution >= 0.6 is 11.6 Å². The maximum atomic E-state index is 13.7. The van der Waals surface area contributed by atoms with Gasteiger partial charge in [-0.1, -0.05) is 72.3 Å². The third-order valence-corrected chi connectivity index (χ3v) is 8.36. The molecule has 0 radical (unpaired) electrons. The molecule has 1 heterocycles. The van der Waals surface area contributed by atoms with Crippen molar-refractivity contribution in [3.05, 3.63) is 94.2 Å². The fraction of sp³-hybridized carbons (Fsp3) is 0.429. The number of halogens is 1. The number of nitrogens with one attached hydrogen (secondary N) is 1. The summed E-state index contributed by atoms with van der Waals surface area (Å²) in [7, 11) is 1.26. The van der Waals surface area contributed by atoms with Crippen LogP contribution in [0.4, 0.5) is 0 Å². The third kappa shape index (κ3) is 9.81. The average Bonchev–Trinajstić information content (AvgIpc) is 3.04. The first-order valence-electron chi connectivity index (χ1n) is 15.3. The van der Waals surface area contributed by atoms with Gasteiger partial charge in [0.25, 0.3) is 0 Å². The molecular weight excluding hydrogens is 580 g/mol. The molecule has 4 rings (SSSR count). The maximum Gasteiger partial charge on any atom is 0.328 e. The second-order valence-electron chi connectivity index (χ2n) is 11.2. The molecule has 9 heteroatoms. The van der Waals surface area contributed by atoms with E-state index < -0.39 is 23.8 Å². The summed E-state index contributed by atoms with van der Waals surface area (Å²) < 4.78 is 11.1. The Kier molecular flexibility index (Phi) is 12.6. The number of carbonyl (C=O) groups is 4. The SMILES string of the molecule is COC(=O)[C@@H]1CCC(=O)N(CCc2ccccc2)CCCCOC2=C(CCC(Cl)=C2)C(=O)C[C@H](Cc2ccccc2)C(=O)N1. The number of ether oxygens (including phenoxy) is 2. The standard InChI is InChI=1S/C35H41ClN2O6/c1-43-35(42)30-16-17-33(40)38(20-18-25-10-4-2-5-11-25)19-8-9-21-44-32-24-28(36)14-15-29(32)31(39)23-27(34(41)37-30)22-26-12-6-3-7-13-26/h2-7,10-13,24,27,30H,8-9,14-23H2,1H3,(H,37,41)/t27-,30-/m0/s1. The van der Waals surface area contributed by atoms with Crippen LogP contribution in [0.25, 0.3) is 0 Å². The van der Waals surface area contributed by atoms with Gasteiger partial charge in [0.2, 0.25) is 11.8 Å². The minimum atomic E-state index is -1.02. The summed E-state index contributed by atoms with van der Waals surface area (Å²) in [5.74, 6) is -1.66. The number of hydrogen-bond acceptors (Lipinski definition) is 6. The van der Waals surface area contributed by atoms with Crippen molar-refractivity contribution in [3.63, 3.8) is 0 Å². The van der Waals surface area contributed by atoms with Crippen LogP contribution in [-0.2, 0) is 41.5 Å². The number of rotatable bonds is 6. The van der Waals surface area contributed by atoms with Crippen molar-refractivity contribution in [2.24, 2.45) is 5.92 Å². The Morgan fingerprint density at radius 2 is 1.68 bits per heavy atom. The number of ketones is 1. The molecule has 0 aromatic heterocycles. The van der Waals surface area contributed by atoms with E-state index in [9.17, 15) is 19.2 Å². The van der Waals surface area contributed by atoms with E-state index in [2.05, 4.69) is 5.32 Å². The molecule has 0 spiro atoms. The molecule has 44 heavy (non-hydrogen) atoms. The fourth-order valence-corrected chi connectivity index (χ4v) is 5.74. The number of Topliss-reactive ketones (excluding diaryl/α,β-unsaturated/α-hetero) is 1. The van der Waals surface area contributed by atoms with Gasteiger partial charge in [-0.05, 0) is 62.1 Å². The topological polar surface area (TPSA) is 102 Å². The Hall–Kier alpha value is -3.91. The second-order valence-corrected chi connectivity index (χ2v) is 11.7. The molecule has 2 atom stereocenters. The molecule has 0 saturated heterocycles. The zero-order valence-electron chi connectivity index (χ0n) is 25.3. The lowest BCUT2D eigenvalue weighted by molar-refractivity contribution is -0.146. The molecule has 8 nitrogen and oxygen atoms in total. The van der Waals surface area contributed by atoms with Crippen molar-refractivity contribution in [2.45, 2.75) is 63.8 Å². The maximum absolute atomic E-state index is 13.7. The molecular formula is C35H41ClN2O6. The normalized spacial score (nSPS) is 21.0. The number of amides is 2. The molecule has 1 aliphatic heterocycles. The fourth-order valence-electron chi connectivity index (χ4n) is 5.54. The summed E-state index contributed by atoms with van der Waals surface area (Å²) >= 11 is 6.34. The summed E-state index contributed by atoms with van der Waals surface area (Å²) in [6.45, 7) is 1.41. The van der Waals surface area contributed by atoms with E-state index in [0.29, 0.717) is 74.6 Å². The minimum Gasteiger partial charge on any atom is -0.493 e. The summed E-state index contributed by atoms with van der Waals surface area (Å²) in [6.07, 6.45) is 5.11. The quantitative estimate of drug-likeness (QED) is 0.440. The van der Waals surface area contributed by atoms with Crippen LogP contribution in [0.1, 0.15) is 56.1 Å². The molecule has 0 saturated carbocycles. The van der Waals surface area contributed by atoms with E-state index in [0.717, 1.165) is 11.1 Å². The lowest BCUT2D eigenvalue weighted by Gasteiger charge is -2.25. The Morgan fingerprint density at radius 3 is 2.39 bits per heavy atom. The summed E-state index contributed by atoms with van der Waals surface area (Å²) in [6, 6.07) is 18.4. The van der Waals surface area contributed by atoms with E-state index in [1.165, 1.54) is 7.11 Å². The van der Waals surface area contributed by atoms with Crippen molar-refractivity contribution >= 4 is 35.2 Å². The van der Waals surface area contributed by atoms with Gasteiger partial charge in [0.05, 0.1) is 13.7 Å². The minimum absolute atomic E-state index is 0.0610. The highest BCUT2D eigenvalue weighted by molar-refractivity contribution is 6.30. The van der Waals surface area contributed by atoms with Crippen LogP contribution in [0.5, 0.6) is 0 Å². The van der Waals surface area contributed by atoms with Gasteiger partial charge in [-0.15, -0.1) is 0 Å². The lowest BCUT2D eigenvalue weighted by atomic mass is 9.88. The van der Waals surface area contributed by atoms with Gasteiger partial charge in [-0.25, -0.2) is 4.79 Å². The molecule has 1 aliphatic carbocycles. The smallest absolute Gasteiger partial charge is 0.328 e. The zero-order valence-corrected chi connectivity index (χ0v) is 26.0. The number of esters is 1. The number of benzene rings is 2. The summed E-state index contributed by atoms with van der Waals surface area (Å²) in [4.78, 5) is 55.4. The van der Waals surface area contributed by atoms with E-state index in [4.69, 9.17) is 21.1 Å². The van der Waals surface area contributed by atoms with Crippen LogP contribution < -0.4 is 5.32 Å². The van der Waals surface area contributed by atoms with Gasteiger partial charge in [0.1, 0.15) is 11.8 Å². The number of allylic oxidation sites excluding steroid dienone is 3. The van der Waals surface area contributed by atoms with Crippen molar-refractivity contribution in [1.29, 1.82) is 0 Å². The Balaban J connectivity index is 1.60. The summed E-state index contributed by atoms with van der Waals surface area (Å²) in [5.41, 5.74) is 2.54. The van der Waals surface area contributed by atoms with Gasteiger partial charge >= 0.3 is 5.97 Å². The molecule has 2 aromatic carbocycles. The van der Waals surface area contributed by atoms with E-state index >= 15 is 0 Å². The largest absolute Gasteiger partial charge is 0.493 e. The number of carbonyl (C=O) groups excluding carboxylic acids is 4. The first-order chi connectivity index (χ1) is 21.3. The van der Waals surface area contributed by atoms with Gasteiger partial charge < -0.3 is 19.7 Å². The second kappa shape index (κ2) is 16.8. The van der Waals surface area contributed by atoms with E-state index in [1.54, 1.807) is 6.08 Å². The molecule has 2 aromatic rings. The van der Waals surface area contributed by atoms with Gasteiger partial charge in [0, 0.05) is 42.5 Å². The van der Waals surface area contributed by atoms with Crippen molar-refractivity contribution in [1.82, 2.24) is 10.2 Å². The highest BCUT2D eigenvalue weighted by Crippen LogP contribution is 2.30. The van der Waals surface area contributed by atoms with Crippen molar-refractivity contribution < 1.29 is 28.7 Å². The predicted molar refractivity (Wildman–Crippen MR) is 169 cm³/mol. The van der Waals surface area contributed by atoms with Crippen LogP contribution in [0, 0.1) is 5.92 Å². The number of methoxy groups -OCH3 is 1. The molecule has 234 valence electrons. The predicted octanol–water partition coefficient (Wildman–Crippen LogP) is 5.29. The monoisotopic (exact) mass is 620 g/mol. The number of nitrogens with zero attached hydrogens (tertiary/aromatic N) is 1. The van der Waals surface area contributed by atoms with Gasteiger partial charge in [-0.3, -0.25) is 14.4 Å².